The largest absolute Gasteiger partial charge is 0.493 e. The summed E-state index contributed by atoms with van der Waals surface area (Å²) >= 11 is 0. The van der Waals surface area contributed by atoms with E-state index in [9.17, 15) is 4.79 Å². The number of hydrogen-bond donors (Lipinski definition) is 1. The molecule has 1 unspecified atom stereocenters. The third kappa shape index (κ3) is 2.99. The van der Waals surface area contributed by atoms with Gasteiger partial charge in [0.1, 0.15) is 5.82 Å². The number of nitrogen functional groups attached to an aromatic ring is 1. The van der Waals surface area contributed by atoms with Crippen molar-refractivity contribution >= 4 is 11.7 Å². The van der Waals surface area contributed by atoms with E-state index in [-0.39, 0.29) is 11.9 Å². The van der Waals surface area contributed by atoms with E-state index in [2.05, 4.69) is 4.98 Å². The van der Waals surface area contributed by atoms with Gasteiger partial charge in [-0.15, -0.1) is 0 Å². The number of carbonyl (C=O) groups is 1. The summed E-state index contributed by atoms with van der Waals surface area (Å²) in [7, 11) is 3.22. The highest BCUT2D eigenvalue weighted by Gasteiger charge is 2.31. The number of carbonyl (C=O) groups excluding carboxylic acids is 1. The van der Waals surface area contributed by atoms with E-state index in [1.54, 1.807) is 32.5 Å². The van der Waals surface area contributed by atoms with Crippen LogP contribution < -0.4 is 15.2 Å². The predicted molar refractivity (Wildman–Crippen MR) is 91.2 cm³/mol. The van der Waals surface area contributed by atoms with Crippen LogP contribution >= 0.6 is 0 Å². The number of hydrogen-bond acceptors (Lipinski definition) is 5. The van der Waals surface area contributed by atoms with Crippen molar-refractivity contribution in [2.45, 2.75) is 18.9 Å². The minimum atomic E-state index is -0.0265. The number of likely N-dealkylation sites (tertiary alicyclic amines) is 1. The second-order valence-corrected chi connectivity index (χ2v) is 5.74. The van der Waals surface area contributed by atoms with E-state index in [1.807, 2.05) is 23.1 Å². The molecule has 0 radical (unpaired) electrons. The molecule has 1 fully saturated rings. The summed E-state index contributed by atoms with van der Waals surface area (Å²) in [6.45, 7) is 0.722. The standard InChI is InChI=1S/C18H21N3O3/c1-23-15-6-5-12(10-16(15)24-2)14-4-3-9-21(14)18(22)13-7-8-20-17(19)11-13/h5-8,10-11,14H,3-4,9H2,1-2H3,(H2,19,20). The molecule has 1 aromatic carbocycles. The van der Waals surface area contributed by atoms with Gasteiger partial charge in [-0.1, -0.05) is 6.07 Å². The fourth-order valence-electron chi connectivity index (χ4n) is 3.16. The van der Waals surface area contributed by atoms with Crippen molar-refractivity contribution in [1.82, 2.24) is 9.88 Å². The maximum absolute atomic E-state index is 12.8. The number of pyridine rings is 1. The van der Waals surface area contributed by atoms with E-state index < -0.39 is 0 Å². The highest BCUT2D eigenvalue weighted by atomic mass is 16.5. The average Bonchev–Trinajstić information content (AvgIpc) is 3.10. The number of anilines is 1. The maximum Gasteiger partial charge on any atom is 0.254 e. The second-order valence-electron chi connectivity index (χ2n) is 5.74. The average molecular weight is 327 g/mol. The molecule has 2 N–H and O–H groups in total. The highest BCUT2D eigenvalue weighted by molar-refractivity contribution is 5.95. The molecule has 0 saturated carbocycles. The Morgan fingerprint density at radius 3 is 2.71 bits per heavy atom. The number of nitrogens with two attached hydrogens (primary N) is 1. The van der Waals surface area contributed by atoms with Gasteiger partial charge < -0.3 is 20.1 Å². The SMILES string of the molecule is COc1ccc(C2CCCN2C(=O)c2ccnc(N)c2)cc1OC. The Morgan fingerprint density at radius 1 is 1.21 bits per heavy atom. The lowest BCUT2D eigenvalue weighted by Gasteiger charge is -2.26. The Morgan fingerprint density at radius 2 is 2.00 bits per heavy atom. The van der Waals surface area contributed by atoms with Crippen molar-refractivity contribution in [3.63, 3.8) is 0 Å². The Hall–Kier alpha value is -2.76. The minimum Gasteiger partial charge on any atom is -0.493 e. The van der Waals surface area contributed by atoms with Gasteiger partial charge in [-0.3, -0.25) is 4.79 Å². The first-order valence-corrected chi connectivity index (χ1v) is 7.88. The third-order valence-corrected chi connectivity index (χ3v) is 4.33. The van der Waals surface area contributed by atoms with Gasteiger partial charge in [-0.05, 0) is 42.7 Å². The Balaban J connectivity index is 1.89. The first-order chi connectivity index (χ1) is 11.6. The number of methoxy groups -OCH3 is 2. The van der Waals surface area contributed by atoms with Crippen LogP contribution in [-0.4, -0.2) is 36.6 Å². The molecule has 0 aliphatic carbocycles. The summed E-state index contributed by atoms with van der Waals surface area (Å²) in [5.41, 5.74) is 7.31. The first-order valence-electron chi connectivity index (χ1n) is 7.88. The monoisotopic (exact) mass is 327 g/mol. The number of nitrogens with zero attached hydrogens (tertiary/aromatic N) is 2. The number of amides is 1. The summed E-state index contributed by atoms with van der Waals surface area (Å²) in [6.07, 6.45) is 3.44. The summed E-state index contributed by atoms with van der Waals surface area (Å²) in [5, 5.41) is 0. The lowest BCUT2D eigenvalue weighted by molar-refractivity contribution is 0.0735. The minimum absolute atomic E-state index is 0.0201. The van der Waals surface area contributed by atoms with Gasteiger partial charge in [0.15, 0.2) is 11.5 Å². The lowest BCUT2D eigenvalue weighted by atomic mass is 10.0. The van der Waals surface area contributed by atoms with Gasteiger partial charge in [0.05, 0.1) is 20.3 Å². The molecule has 6 nitrogen and oxygen atoms in total. The first kappa shape index (κ1) is 16.1. The summed E-state index contributed by atoms with van der Waals surface area (Å²) in [5.74, 6) is 1.67. The Bertz CT molecular complexity index is 748. The van der Waals surface area contributed by atoms with E-state index in [1.165, 1.54) is 0 Å². The molecule has 0 bridgehead atoms. The van der Waals surface area contributed by atoms with Gasteiger partial charge in [0.25, 0.3) is 5.91 Å². The van der Waals surface area contributed by atoms with Gasteiger partial charge in [-0.2, -0.15) is 0 Å². The summed E-state index contributed by atoms with van der Waals surface area (Å²) in [6, 6.07) is 9.13. The molecule has 1 atom stereocenters. The van der Waals surface area contributed by atoms with Crippen LogP contribution in [-0.2, 0) is 0 Å². The van der Waals surface area contributed by atoms with Crippen molar-refractivity contribution in [1.29, 1.82) is 0 Å². The van der Waals surface area contributed by atoms with Crippen molar-refractivity contribution in [3.05, 3.63) is 47.7 Å². The molecule has 1 saturated heterocycles. The van der Waals surface area contributed by atoms with Crippen LogP contribution in [0.25, 0.3) is 0 Å². The molecule has 2 heterocycles. The fourth-order valence-corrected chi connectivity index (χ4v) is 3.16. The zero-order valence-electron chi connectivity index (χ0n) is 13.9. The third-order valence-electron chi connectivity index (χ3n) is 4.33. The maximum atomic E-state index is 12.8. The zero-order valence-corrected chi connectivity index (χ0v) is 13.9. The van der Waals surface area contributed by atoms with Gasteiger partial charge in [-0.25, -0.2) is 4.98 Å². The lowest BCUT2D eigenvalue weighted by Crippen LogP contribution is -2.30. The molecular weight excluding hydrogens is 306 g/mol. The molecule has 126 valence electrons. The van der Waals surface area contributed by atoms with Gasteiger partial charge in [0.2, 0.25) is 0 Å². The summed E-state index contributed by atoms with van der Waals surface area (Å²) in [4.78, 5) is 18.7. The van der Waals surface area contributed by atoms with Crippen molar-refractivity contribution in [2.24, 2.45) is 0 Å². The molecule has 1 aromatic heterocycles. The molecular formula is C18H21N3O3. The quantitative estimate of drug-likeness (QED) is 0.934. The fraction of sp³-hybridized carbons (Fsp3) is 0.333. The van der Waals surface area contributed by atoms with Gasteiger partial charge >= 0.3 is 0 Å². The Labute approximate surface area is 141 Å². The normalized spacial score (nSPS) is 16.9. The van der Waals surface area contributed by atoms with Crippen molar-refractivity contribution in [2.75, 3.05) is 26.5 Å². The van der Waals surface area contributed by atoms with Crippen molar-refractivity contribution in [3.8, 4) is 11.5 Å². The van der Waals surface area contributed by atoms with Crippen LogP contribution in [0.3, 0.4) is 0 Å². The number of aromatic nitrogens is 1. The molecule has 1 amide bonds. The Kier molecular flexibility index (Phi) is 4.55. The molecule has 2 aromatic rings. The van der Waals surface area contributed by atoms with Crippen molar-refractivity contribution < 1.29 is 14.3 Å². The molecule has 6 heteroatoms. The summed E-state index contributed by atoms with van der Waals surface area (Å²) < 4.78 is 10.7. The van der Waals surface area contributed by atoms with Crippen LogP contribution in [0.5, 0.6) is 11.5 Å². The van der Waals surface area contributed by atoms with Crippen LogP contribution in [0, 0.1) is 0 Å². The number of rotatable bonds is 4. The topological polar surface area (TPSA) is 77.7 Å². The predicted octanol–water partition coefficient (Wildman–Crippen LogP) is 2.66. The zero-order chi connectivity index (χ0) is 17.1. The number of ether oxygens (including phenoxy) is 2. The number of benzene rings is 1. The molecule has 3 rings (SSSR count). The van der Waals surface area contributed by atoms with Crippen LogP contribution in [0.4, 0.5) is 5.82 Å². The molecule has 1 aliphatic heterocycles. The van der Waals surface area contributed by atoms with E-state index >= 15 is 0 Å². The second kappa shape index (κ2) is 6.78. The molecule has 1 aliphatic rings. The van der Waals surface area contributed by atoms with Crippen LogP contribution in [0.1, 0.15) is 34.8 Å². The van der Waals surface area contributed by atoms with E-state index in [0.29, 0.717) is 22.9 Å². The van der Waals surface area contributed by atoms with E-state index in [0.717, 1.165) is 24.9 Å². The van der Waals surface area contributed by atoms with Gasteiger partial charge in [0, 0.05) is 18.3 Å². The van der Waals surface area contributed by atoms with E-state index in [4.69, 9.17) is 15.2 Å². The molecule has 0 spiro atoms. The highest BCUT2D eigenvalue weighted by Crippen LogP contribution is 2.37. The molecule has 24 heavy (non-hydrogen) atoms. The van der Waals surface area contributed by atoms with Crippen LogP contribution in [0.15, 0.2) is 36.5 Å². The smallest absolute Gasteiger partial charge is 0.254 e. The van der Waals surface area contributed by atoms with Crippen LogP contribution in [0.2, 0.25) is 0 Å².